The van der Waals surface area contributed by atoms with Crippen LogP contribution in [0.5, 0.6) is 0 Å². The highest BCUT2D eigenvalue weighted by Crippen LogP contribution is 2.24. The zero-order valence-corrected chi connectivity index (χ0v) is 12.6. The first-order chi connectivity index (χ1) is 9.51. The maximum absolute atomic E-state index is 13.9. The van der Waals surface area contributed by atoms with Crippen molar-refractivity contribution in [3.05, 3.63) is 35.4 Å². The van der Waals surface area contributed by atoms with Gasteiger partial charge in [0.2, 0.25) is 0 Å². The van der Waals surface area contributed by atoms with E-state index in [1.807, 2.05) is 21.0 Å². The molecule has 0 aliphatic heterocycles. The van der Waals surface area contributed by atoms with E-state index in [2.05, 4.69) is 9.80 Å². The molecule has 0 fully saturated rings. The molecule has 1 atom stereocenters. The van der Waals surface area contributed by atoms with E-state index in [0.717, 1.165) is 32.1 Å². The Morgan fingerprint density at radius 1 is 1.20 bits per heavy atom. The summed E-state index contributed by atoms with van der Waals surface area (Å²) in [6, 6.07) is 4.00. The zero-order chi connectivity index (χ0) is 15.1. The van der Waals surface area contributed by atoms with Gasteiger partial charge in [0.25, 0.3) is 0 Å². The topological polar surface area (TPSA) is 32.5 Å². The van der Waals surface area contributed by atoms with Gasteiger partial charge in [-0.2, -0.15) is 0 Å². The number of benzene rings is 1. The van der Waals surface area contributed by atoms with Gasteiger partial charge in [-0.05, 0) is 39.7 Å². The van der Waals surface area contributed by atoms with Gasteiger partial charge in [0.1, 0.15) is 0 Å². The largest absolute Gasteiger partial charge is 0.329 e. The average Bonchev–Trinajstić information content (AvgIpc) is 2.41. The van der Waals surface area contributed by atoms with Crippen LogP contribution in [0.3, 0.4) is 0 Å². The molecule has 2 N–H and O–H groups in total. The van der Waals surface area contributed by atoms with E-state index in [4.69, 9.17) is 5.73 Å². The lowest BCUT2D eigenvalue weighted by atomic mass is 10.0. The van der Waals surface area contributed by atoms with Crippen molar-refractivity contribution in [3.8, 4) is 0 Å². The van der Waals surface area contributed by atoms with Crippen LogP contribution >= 0.6 is 0 Å². The Balaban J connectivity index is 2.83. The van der Waals surface area contributed by atoms with Gasteiger partial charge in [-0.25, -0.2) is 8.78 Å². The number of likely N-dealkylation sites (N-methyl/N-ethyl adjacent to an activating group) is 1. The molecule has 0 radical (unpaired) electrons. The van der Waals surface area contributed by atoms with Gasteiger partial charge < -0.3 is 10.6 Å². The van der Waals surface area contributed by atoms with E-state index in [1.165, 1.54) is 6.07 Å². The van der Waals surface area contributed by atoms with Gasteiger partial charge >= 0.3 is 0 Å². The number of hydrogen-bond donors (Lipinski definition) is 1. The van der Waals surface area contributed by atoms with E-state index in [-0.39, 0.29) is 12.6 Å². The maximum atomic E-state index is 13.9. The highest BCUT2D eigenvalue weighted by atomic mass is 19.2. The lowest BCUT2D eigenvalue weighted by Crippen LogP contribution is -2.36. The molecule has 114 valence electrons. The second-order valence-corrected chi connectivity index (χ2v) is 5.18. The van der Waals surface area contributed by atoms with Crippen LogP contribution < -0.4 is 5.73 Å². The van der Waals surface area contributed by atoms with Gasteiger partial charge in [0.15, 0.2) is 11.6 Å². The van der Waals surface area contributed by atoms with Crippen LogP contribution in [0, 0.1) is 11.6 Å². The summed E-state index contributed by atoms with van der Waals surface area (Å²) in [4.78, 5) is 4.20. The van der Waals surface area contributed by atoms with E-state index >= 15 is 0 Å². The summed E-state index contributed by atoms with van der Waals surface area (Å²) in [5.74, 6) is -1.60. The zero-order valence-electron chi connectivity index (χ0n) is 12.6. The SMILES string of the molecule is CCN(CCCN(C)C)C(CN)c1cccc(F)c1F. The Bertz CT molecular complexity index is 410. The molecule has 0 aliphatic rings. The Morgan fingerprint density at radius 2 is 1.90 bits per heavy atom. The van der Waals surface area contributed by atoms with Gasteiger partial charge in [-0.1, -0.05) is 19.1 Å². The molecule has 0 saturated carbocycles. The molecule has 3 nitrogen and oxygen atoms in total. The molecule has 1 unspecified atom stereocenters. The molecule has 1 aromatic rings. The van der Waals surface area contributed by atoms with Crippen molar-refractivity contribution >= 4 is 0 Å². The Labute approximate surface area is 120 Å². The first-order valence-corrected chi connectivity index (χ1v) is 7.04. The predicted octanol–water partition coefficient (Wildman–Crippen LogP) is 2.24. The quantitative estimate of drug-likeness (QED) is 0.795. The van der Waals surface area contributed by atoms with E-state index in [9.17, 15) is 8.78 Å². The van der Waals surface area contributed by atoms with Crippen LogP contribution in [-0.2, 0) is 0 Å². The minimum atomic E-state index is -0.815. The minimum Gasteiger partial charge on any atom is -0.329 e. The van der Waals surface area contributed by atoms with Crippen molar-refractivity contribution in [2.45, 2.75) is 19.4 Å². The van der Waals surface area contributed by atoms with Crippen molar-refractivity contribution in [3.63, 3.8) is 0 Å². The van der Waals surface area contributed by atoms with Gasteiger partial charge in [-0.15, -0.1) is 0 Å². The standard InChI is InChI=1S/C15H25F2N3/c1-4-20(10-6-9-19(2)3)14(11-18)12-7-5-8-13(16)15(12)17/h5,7-8,14H,4,6,9-11,18H2,1-3H3. The molecule has 0 heterocycles. The molecular weight excluding hydrogens is 260 g/mol. The first-order valence-electron chi connectivity index (χ1n) is 7.04. The van der Waals surface area contributed by atoms with Crippen molar-refractivity contribution in [1.29, 1.82) is 0 Å². The van der Waals surface area contributed by atoms with E-state index in [1.54, 1.807) is 6.07 Å². The number of nitrogens with two attached hydrogens (primary N) is 1. The summed E-state index contributed by atoms with van der Waals surface area (Å²) in [5, 5.41) is 0. The first kappa shape index (κ1) is 17.0. The van der Waals surface area contributed by atoms with Crippen LogP contribution in [0.25, 0.3) is 0 Å². The lowest BCUT2D eigenvalue weighted by molar-refractivity contribution is 0.197. The van der Waals surface area contributed by atoms with Crippen molar-refractivity contribution in [2.75, 3.05) is 40.3 Å². The summed E-state index contributed by atoms with van der Waals surface area (Å²) in [6.45, 7) is 4.81. The highest BCUT2D eigenvalue weighted by molar-refractivity contribution is 5.23. The summed E-state index contributed by atoms with van der Waals surface area (Å²) in [5.41, 5.74) is 6.14. The molecule has 0 aliphatic carbocycles. The number of rotatable bonds is 8. The normalized spacial score (nSPS) is 13.2. The summed E-state index contributed by atoms with van der Waals surface area (Å²) >= 11 is 0. The summed E-state index contributed by atoms with van der Waals surface area (Å²) in [7, 11) is 4.03. The third-order valence-electron chi connectivity index (χ3n) is 3.46. The van der Waals surface area contributed by atoms with Gasteiger partial charge in [-0.3, -0.25) is 4.90 Å². The number of halogens is 2. The van der Waals surface area contributed by atoms with E-state index in [0.29, 0.717) is 5.56 Å². The second-order valence-electron chi connectivity index (χ2n) is 5.18. The molecular formula is C15H25F2N3. The fraction of sp³-hybridized carbons (Fsp3) is 0.600. The molecule has 0 saturated heterocycles. The Hall–Kier alpha value is -1.04. The molecule has 1 rings (SSSR count). The molecule has 0 bridgehead atoms. The third kappa shape index (κ3) is 4.51. The number of nitrogens with zero attached hydrogens (tertiary/aromatic N) is 2. The lowest BCUT2D eigenvalue weighted by Gasteiger charge is -2.30. The van der Waals surface area contributed by atoms with Crippen molar-refractivity contribution < 1.29 is 8.78 Å². The predicted molar refractivity (Wildman–Crippen MR) is 78.6 cm³/mol. The number of hydrogen-bond acceptors (Lipinski definition) is 3. The second kappa shape index (κ2) is 8.29. The molecule has 0 amide bonds. The van der Waals surface area contributed by atoms with Crippen LogP contribution in [0.1, 0.15) is 24.9 Å². The van der Waals surface area contributed by atoms with Gasteiger partial charge in [0, 0.05) is 24.7 Å². The monoisotopic (exact) mass is 285 g/mol. The smallest absolute Gasteiger partial charge is 0.163 e. The Kier molecular flexibility index (Phi) is 7.05. The summed E-state index contributed by atoms with van der Waals surface area (Å²) in [6.07, 6.45) is 0.967. The fourth-order valence-electron chi connectivity index (χ4n) is 2.37. The summed E-state index contributed by atoms with van der Waals surface area (Å²) < 4.78 is 27.3. The third-order valence-corrected chi connectivity index (χ3v) is 3.46. The van der Waals surface area contributed by atoms with Crippen molar-refractivity contribution in [2.24, 2.45) is 5.73 Å². The fourth-order valence-corrected chi connectivity index (χ4v) is 2.37. The van der Waals surface area contributed by atoms with E-state index < -0.39 is 11.6 Å². The molecule has 0 spiro atoms. The highest BCUT2D eigenvalue weighted by Gasteiger charge is 2.22. The Morgan fingerprint density at radius 3 is 2.45 bits per heavy atom. The van der Waals surface area contributed by atoms with Gasteiger partial charge in [0.05, 0.1) is 0 Å². The molecule has 20 heavy (non-hydrogen) atoms. The molecule has 5 heteroatoms. The molecule has 0 aromatic heterocycles. The van der Waals surface area contributed by atoms with Crippen LogP contribution in [0.2, 0.25) is 0 Å². The van der Waals surface area contributed by atoms with Crippen LogP contribution in [-0.4, -0.2) is 50.1 Å². The van der Waals surface area contributed by atoms with Crippen LogP contribution in [0.4, 0.5) is 8.78 Å². The molecule has 1 aromatic carbocycles. The van der Waals surface area contributed by atoms with Crippen molar-refractivity contribution in [1.82, 2.24) is 9.80 Å². The maximum Gasteiger partial charge on any atom is 0.163 e. The minimum absolute atomic E-state index is 0.274. The van der Waals surface area contributed by atoms with Crippen LogP contribution in [0.15, 0.2) is 18.2 Å². The average molecular weight is 285 g/mol.